The summed E-state index contributed by atoms with van der Waals surface area (Å²) in [6.07, 6.45) is 1.30. The van der Waals surface area contributed by atoms with Gasteiger partial charge in [0.1, 0.15) is 6.33 Å². The molecule has 2 aromatic carbocycles. The van der Waals surface area contributed by atoms with E-state index in [1.54, 1.807) is 0 Å². The van der Waals surface area contributed by atoms with E-state index in [-0.39, 0.29) is 17.3 Å². The molecule has 1 aromatic heterocycles. The third-order valence-electron chi connectivity index (χ3n) is 3.75. The molecular formula is C18H16IN5O2. The first-order valence-electron chi connectivity index (χ1n) is 7.80. The minimum absolute atomic E-state index is 0.137. The summed E-state index contributed by atoms with van der Waals surface area (Å²) in [5.74, 6) is 0.281. The zero-order chi connectivity index (χ0) is 18.7. The van der Waals surface area contributed by atoms with Crippen LogP contribution >= 0.6 is 22.6 Å². The summed E-state index contributed by atoms with van der Waals surface area (Å²) in [5, 5.41) is 17.7. The van der Waals surface area contributed by atoms with Crippen molar-refractivity contribution in [3.8, 4) is 0 Å². The summed E-state index contributed by atoms with van der Waals surface area (Å²) in [6, 6.07) is 13.3. The van der Waals surface area contributed by atoms with Gasteiger partial charge in [-0.1, -0.05) is 17.7 Å². The Bertz CT molecular complexity index is 960. The van der Waals surface area contributed by atoms with E-state index < -0.39 is 4.92 Å². The highest BCUT2D eigenvalue weighted by molar-refractivity contribution is 14.1. The quantitative estimate of drug-likeness (QED) is 0.312. The third kappa shape index (κ3) is 4.07. The molecule has 2 N–H and O–H groups in total. The highest BCUT2D eigenvalue weighted by atomic mass is 127. The summed E-state index contributed by atoms with van der Waals surface area (Å²) in [4.78, 5) is 19.3. The van der Waals surface area contributed by atoms with Crippen LogP contribution in [0.3, 0.4) is 0 Å². The maximum Gasteiger partial charge on any atom is 0.353 e. The van der Waals surface area contributed by atoms with Crippen LogP contribution in [-0.2, 0) is 0 Å². The van der Waals surface area contributed by atoms with Crippen molar-refractivity contribution in [2.75, 3.05) is 10.6 Å². The van der Waals surface area contributed by atoms with Crippen molar-refractivity contribution in [1.82, 2.24) is 9.97 Å². The Kier molecular flexibility index (Phi) is 5.31. The van der Waals surface area contributed by atoms with Crippen LogP contribution < -0.4 is 10.6 Å². The maximum atomic E-state index is 11.7. The molecule has 8 heteroatoms. The SMILES string of the molecule is Cc1ccc(Nc2ncnc(Nc3ccc(I)cc3)c2[N+](=O)[O-])c(C)c1. The fourth-order valence-electron chi connectivity index (χ4n) is 2.49. The van der Waals surface area contributed by atoms with Crippen molar-refractivity contribution in [2.24, 2.45) is 0 Å². The molecule has 0 fully saturated rings. The molecule has 0 radical (unpaired) electrons. The van der Waals surface area contributed by atoms with E-state index in [1.165, 1.54) is 6.33 Å². The van der Waals surface area contributed by atoms with Gasteiger partial charge in [0.2, 0.25) is 11.6 Å². The summed E-state index contributed by atoms with van der Waals surface area (Å²) in [6.45, 7) is 3.93. The predicted octanol–water partition coefficient (Wildman–Crippen LogP) is 5.09. The van der Waals surface area contributed by atoms with Gasteiger partial charge in [-0.05, 0) is 72.3 Å². The molecule has 0 saturated carbocycles. The summed E-state index contributed by atoms with van der Waals surface area (Å²) < 4.78 is 1.07. The monoisotopic (exact) mass is 461 g/mol. The van der Waals surface area contributed by atoms with Crippen LogP contribution in [0.2, 0.25) is 0 Å². The first-order valence-corrected chi connectivity index (χ1v) is 8.88. The fourth-order valence-corrected chi connectivity index (χ4v) is 2.85. The van der Waals surface area contributed by atoms with Gasteiger partial charge in [0, 0.05) is 14.9 Å². The molecule has 0 amide bonds. The minimum Gasteiger partial charge on any atom is -0.334 e. The first-order chi connectivity index (χ1) is 12.4. The maximum absolute atomic E-state index is 11.7. The lowest BCUT2D eigenvalue weighted by Crippen LogP contribution is -2.06. The van der Waals surface area contributed by atoms with E-state index in [0.29, 0.717) is 5.69 Å². The van der Waals surface area contributed by atoms with Gasteiger partial charge in [-0.3, -0.25) is 10.1 Å². The van der Waals surface area contributed by atoms with Crippen molar-refractivity contribution < 1.29 is 4.92 Å². The number of nitrogens with zero attached hydrogens (tertiary/aromatic N) is 3. The average Bonchev–Trinajstić information content (AvgIpc) is 2.59. The molecule has 1 heterocycles. The number of rotatable bonds is 5. The van der Waals surface area contributed by atoms with Gasteiger partial charge in [-0.15, -0.1) is 0 Å². The van der Waals surface area contributed by atoms with Gasteiger partial charge in [0.15, 0.2) is 0 Å². The lowest BCUT2D eigenvalue weighted by Gasteiger charge is -2.12. The highest BCUT2D eigenvalue weighted by Gasteiger charge is 2.23. The third-order valence-corrected chi connectivity index (χ3v) is 4.47. The van der Waals surface area contributed by atoms with E-state index in [4.69, 9.17) is 0 Å². The zero-order valence-electron chi connectivity index (χ0n) is 14.2. The van der Waals surface area contributed by atoms with Crippen molar-refractivity contribution >= 4 is 51.3 Å². The van der Waals surface area contributed by atoms with E-state index >= 15 is 0 Å². The number of hydrogen-bond acceptors (Lipinski definition) is 6. The lowest BCUT2D eigenvalue weighted by atomic mass is 10.1. The summed E-state index contributed by atoms with van der Waals surface area (Å²) in [7, 11) is 0. The molecule has 0 atom stereocenters. The van der Waals surface area contributed by atoms with Gasteiger partial charge >= 0.3 is 5.69 Å². The molecule has 132 valence electrons. The smallest absolute Gasteiger partial charge is 0.334 e. The topological polar surface area (TPSA) is 93.0 Å². The summed E-state index contributed by atoms with van der Waals surface area (Å²) in [5.41, 5.74) is 3.37. The molecular weight excluding hydrogens is 445 g/mol. The number of aryl methyl sites for hydroxylation is 2. The van der Waals surface area contributed by atoms with Crippen LogP contribution in [0.5, 0.6) is 0 Å². The van der Waals surface area contributed by atoms with Crippen LogP contribution in [0.25, 0.3) is 0 Å². The number of nitrogens with one attached hydrogen (secondary N) is 2. The Balaban J connectivity index is 1.98. The van der Waals surface area contributed by atoms with E-state index in [1.807, 2.05) is 56.3 Å². The Morgan fingerprint density at radius 3 is 2.27 bits per heavy atom. The molecule has 0 aliphatic rings. The second-order valence-corrected chi connectivity index (χ2v) is 7.00. The largest absolute Gasteiger partial charge is 0.353 e. The number of aromatic nitrogens is 2. The standard InChI is InChI=1S/C18H16IN5O2/c1-11-3-8-15(12(2)9-11)23-18-16(24(25)26)17(20-10-21-18)22-14-6-4-13(19)5-7-14/h3-10H,1-2H3,(H2,20,21,22,23). The second-order valence-electron chi connectivity index (χ2n) is 5.75. The molecule has 0 spiro atoms. The molecule has 3 aromatic rings. The fraction of sp³-hybridized carbons (Fsp3) is 0.111. The Morgan fingerprint density at radius 2 is 1.65 bits per heavy atom. The van der Waals surface area contributed by atoms with Gasteiger partial charge in [0.05, 0.1) is 4.92 Å². The van der Waals surface area contributed by atoms with Crippen LogP contribution in [0.1, 0.15) is 11.1 Å². The van der Waals surface area contributed by atoms with E-state index in [2.05, 4.69) is 43.2 Å². The Morgan fingerprint density at radius 1 is 1.00 bits per heavy atom. The second kappa shape index (κ2) is 7.65. The molecule has 0 unspecified atom stereocenters. The molecule has 0 saturated heterocycles. The molecule has 0 aliphatic carbocycles. The first kappa shape index (κ1) is 18.1. The van der Waals surface area contributed by atoms with Crippen LogP contribution in [0.15, 0.2) is 48.8 Å². The molecule has 26 heavy (non-hydrogen) atoms. The predicted molar refractivity (Wildman–Crippen MR) is 110 cm³/mol. The number of anilines is 4. The van der Waals surface area contributed by atoms with Crippen molar-refractivity contribution in [2.45, 2.75) is 13.8 Å². The number of halogens is 1. The van der Waals surface area contributed by atoms with E-state index in [9.17, 15) is 10.1 Å². The molecule has 0 aliphatic heterocycles. The van der Waals surface area contributed by atoms with Crippen molar-refractivity contribution in [1.29, 1.82) is 0 Å². The zero-order valence-corrected chi connectivity index (χ0v) is 16.3. The number of nitro groups is 1. The highest BCUT2D eigenvalue weighted by Crippen LogP contribution is 2.33. The van der Waals surface area contributed by atoms with Gasteiger partial charge in [-0.25, -0.2) is 9.97 Å². The van der Waals surface area contributed by atoms with Gasteiger partial charge < -0.3 is 10.6 Å². The van der Waals surface area contributed by atoms with Gasteiger partial charge in [-0.2, -0.15) is 0 Å². The Hall–Kier alpha value is -2.75. The number of benzene rings is 2. The minimum atomic E-state index is -0.485. The lowest BCUT2D eigenvalue weighted by molar-refractivity contribution is -0.383. The normalized spacial score (nSPS) is 10.4. The van der Waals surface area contributed by atoms with Crippen LogP contribution in [0.4, 0.5) is 28.7 Å². The van der Waals surface area contributed by atoms with Crippen molar-refractivity contribution in [3.05, 3.63) is 73.6 Å². The molecule has 0 bridgehead atoms. The van der Waals surface area contributed by atoms with Gasteiger partial charge in [0.25, 0.3) is 0 Å². The van der Waals surface area contributed by atoms with Crippen molar-refractivity contribution in [3.63, 3.8) is 0 Å². The average molecular weight is 461 g/mol. The van der Waals surface area contributed by atoms with Crippen LogP contribution in [0, 0.1) is 27.5 Å². The van der Waals surface area contributed by atoms with Crippen LogP contribution in [-0.4, -0.2) is 14.9 Å². The molecule has 3 rings (SSSR count). The number of hydrogen-bond donors (Lipinski definition) is 2. The molecule has 7 nitrogen and oxygen atoms in total. The Labute approximate surface area is 164 Å². The van der Waals surface area contributed by atoms with E-state index in [0.717, 1.165) is 20.4 Å². The summed E-state index contributed by atoms with van der Waals surface area (Å²) >= 11 is 2.20.